The van der Waals surface area contributed by atoms with Gasteiger partial charge in [0.1, 0.15) is 0 Å². The zero-order valence-corrected chi connectivity index (χ0v) is 15.1. The van der Waals surface area contributed by atoms with E-state index >= 15 is 0 Å². The second-order valence-electron chi connectivity index (χ2n) is 5.75. The fourth-order valence-corrected chi connectivity index (χ4v) is 4.80. The van der Waals surface area contributed by atoms with Crippen molar-refractivity contribution in [2.24, 2.45) is 0 Å². The van der Waals surface area contributed by atoms with E-state index in [4.69, 9.17) is 4.98 Å². The second kappa shape index (κ2) is 5.92. The van der Waals surface area contributed by atoms with Crippen molar-refractivity contribution in [1.82, 2.24) is 9.38 Å². The van der Waals surface area contributed by atoms with Gasteiger partial charge in [-0.2, -0.15) is 0 Å². The highest BCUT2D eigenvalue weighted by Crippen LogP contribution is 2.32. The van der Waals surface area contributed by atoms with Crippen LogP contribution in [0.4, 0.5) is 0 Å². The fraction of sp³-hybridized carbons (Fsp3) is 0.312. The summed E-state index contributed by atoms with van der Waals surface area (Å²) >= 11 is 1.78. The lowest BCUT2D eigenvalue weighted by Gasteiger charge is -2.09. The molecule has 4 rings (SSSR count). The molecule has 0 fully saturated rings. The molecular formula is C16H17ClN2O2S2. The van der Waals surface area contributed by atoms with Gasteiger partial charge in [0.2, 0.25) is 0 Å². The Bertz CT molecular complexity index is 956. The van der Waals surface area contributed by atoms with Gasteiger partial charge in [0.25, 0.3) is 0 Å². The Labute approximate surface area is 145 Å². The van der Waals surface area contributed by atoms with Crippen LogP contribution in [0.5, 0.6) is 0 Å². The molecule has 122 valence electrons. The average Bonchev–Trinajstić information content (AvgIpc) is 3.04. The first-order valence-corrected chi connectivity index (χ1v) is 10.0. The number of nitrogens with zero attached hydrogens (tertiary/aromatic N) is 2. The Morgan fingerprint density at radius 2 is 1.83 bits per heavy atom. The molecule has 7 heteroatoms. The van der Waals surface area contributed by atoms with E-state index in [9.17, 15) is 8.42 Å². The van der Waals surface area contributed by atoms with E-state index in [0.29, 0.717) is 4.90 Å². The van der Waals surface area contributed by atoms with Crippen molar-refractivity contribution in [2.75, 3.05) is 6.26 Å². The van der Waals surface area contributed by atoms with Crippen LogP contribution in [0.3, 0.4) is 0 Å². The first-order valence-electron chi connectivity index (χ1n) is 7.32. The maximum Gasteiger partial charge on any atom is 0.194 e. The summed E-state index contributed by atoms with van der Waals surface area (Å²) in [5, 5.41) is 0. The van der Waals surface area contributed by atoms with E-state index in [1.165, 1.54) is 36.1 Å². The highest BCUT2D eigenvalue weighted by Gasteiger charge is 2.18. The van der Waals surface area contributed by atoms with Crippen LogP contribution in [-0.2, 0) is 22.7 Å². The molecule has 1 aliphatic carbocycles. The minimum absolute atomic E-state index is 0. The molecule has 0 atom stereocenters. The van der Waals surface area contributed by atoms with Crippen LogP contribution >= 0.6 is 23.7 Å². The first kappa shape index (κ1) is 16.5. The molecule has 0 N–H and O–H groups in total. The normalized spacial score (nSPS) is 14.5. The van der Waals surface area contributed by atoms with E-state index in [1.807, 2.05) is 12.1 Å². The van der Waals surface area contributed by atoms with Crippen LogP contribution in [0, 0.1) is 0 Å². The number of benzene rings is 1. The number of aromatic nitrogens is 2. The van der Waals surface area contributed by atoms with Gasteiger partial charge in [-0.15, -0.1) is 23.7 Å². The van der Waals surface area contributed by atoms with Crippen LogP contribution < -0.4 is 0 Å². The summed E-state index contributed by atoms with van der Waals surface area (Å²) in [5.74, 6) is 0. The molecule has 4 nitrogen and oxygen atoms in total. The largest absolute Gasteiger partial charge is 0.294 e. The molecule has 1 aliphatic rings. The van der Waals surface area contributed by atoms with Crippen molar-refractivity contribution >= 4 is 38.5 Å². The number of hydrogen-bond donors (Lipinski definition) is 0. The molecule has 0 bridgehead atoms. The number of halogens is 1. The molecule has 0 aliphatic heterocycles. The molecule has 0 saturated heterocycles. The standard InChI is InChI=1S/C16H16N2O2S2.ClH/c1-22(19,20)12-8-6-11(7-9-12)13-10-18-14-4-2-3-5-15(14)21-16(18)17-13;/h6-10H,2-5H2,1H3;1H. The number of fused-ring (bicyclic) bond motifs is 3. The van der Waals surface area contributed by atoms with Crippen LogP contribution in [0.15, 0.2) is 35.4 Å². The van der Waals surface area contributed by atoms with Crippen molar-refractivity contribution in [2.45, 2.75) is 30.6 Å². The van der Waals surface area contributed by atoms with Gasteiger partial charge in [0, 0.05) is 28.6 Å². The summed E-state index contributed by atoms with van der Waals surface area (Å²) in [6, 6.07) is 6.95. The summed E-state index contributed by atoms with van der Waals surface area (Å²) in [5.41, 5.74) is 3.25. The molecule has 2 aromatic heterocycles. The third-order valence-corrected chi connectivity index (χ3v) is 6.43. The number of sulfone groups is 1. The Balaban J connectivity index is 0.00000156. The smallest absolute Gasteiger partial charge is 0.194 e. The zero-order valence-electron chi connectivity index (χ0n) is 12.7. The predicted octanol–water partition coefficient (Wildman–Crippen LogP) is 3.77. The average molecular weight is 369 g/mol. The highest BCUT2D eigenvalue weighted by molar-refractivity contribution is 7.90. The summed E-state index contributed by atoms with van der Waals surface area (Å²) in [6.07, 6.45) is 8.11. The van der Waals surface area contributed by atoms with Gasteiger partial charge in [-0.1, -0.05) is 12.1 Å². The molecule has 0 radical (unpaired) electrons. The number of hydrogen-bond acceptors (Lipinski definition) is 4. The Kier molecular flexibility index (Phi) is 4.25. The molecule has 0 amide bonds. The van der Waals surface area contributed by atoms with Gasteiger partial charge in [0.05, 0.1) is 10.6 Å². The summed E-state index contributed by atoms with van der Waals surface area (Å²) in [4.78, 5) is 7.56. The van der Waals surface area contributed by atoms with Crippen LogP contribution in [0.1, 0.15) is 23.4 Å². The van der Waals surface area contributed by atoms with Crippen molar-refractivity contribution in [3.63, 3.8) is 0 Å². The molecule has 2 heterocycles. The van der Waals surface area contributed by atoms with Gasteiger partial charge in [-0.3, -0.25) is 4.40 Å². The van der Waals surface area contributed by atoms with Gasteiger partial charge in [-0.05, 0) is 37.8 Å². The van der Waals surface area contributed by atoms with Gasteiger partial charge < -0.3 is 0 Å². The lowest BCUT2D eigenvalue weighted by molar-refractivity contribution is 0.602. The quantitative estimate of drug-likeness (QED) is 0.691. The maximum atomic E-state index is 11.5. The third-order valence-electron chi connectivity index (χ3n) is 4.15. The van der Waals surface area contributed by atoms with Gasteiger partial charge >= 0.3 is 0 Å². The highest BCUT2D eigenvalue weighted by atomic mass is 35.5. The monoisotopic (exact) mass is 368 g/mol. The molecule has 0 saturated carbocycles. The van der Waals surface area contributed by atoms with Crippen LogP contribution in [0.2, 0.25) is 0 Å². The van der Waals surface area contributed by atoms with E-state index in [1.54, 1.807) is 23.5 Å². The summed E-state index contributed by atoms with van der Waals surface area (Å²) in [7, 11) is -3.15. The zero-order chi connectivity index (χ0) is 15.3. The van der Waals surface area contributed by atoms with Crippen LogP contribution in [0.25, 0.3) is 16.2 Å². The van der Waals surface area contributed by atoms with Crippen LogP contribution in [-0.4, -0.2) is 24.1 Å². The van der Waals surface area contributed by atoms with Gasteiger partial charge in [-0.25, -0.2) is 13.4 Å². The minimum atomic E-state index is -3.15. The lowest BCUT2D eigenvalue weighted by atomic mass is 10.0. The van der Waals surface area contributed by atoms with E-state index in [-0.39, 0.29) is 12.4 Å². The molecular weight excluding hydrogens is 352 g/mol. The molecule has 1 aromatic carbocycles. The van der Waals surface area contributed by atoms with Crippen molar-refractivity contribution in [3.05, 3.63) is 41.0 Å². The summed E-state index contributed by atoms with van der Waals surface area (Å²) in [6.45, 7) is 0. The van der Waals surface area contributed by atoms with Crippen molar-refractivity contribution in [1.29, 1.82) is 0 Å². The summed E-state index contributed by atoms with van der Waals surface area (Å²) < 4.78 is 25.3. The Hall–Kier alpha value is -1.37. The number of rotatable bonds is 2. The third kappa shape index (κ3) is 2.91. The number of aryl methyl sites for hydroxylation is 2. The maximum absolute atomic E-state index is 11.5. The number of imidazole rings is 1. The SMILES string of the molecule is CS(=O)(=O)c1ccc(-c2cn3c4c(sc3n2)CCCC4)cc1.Cl. The topological polar surface area (TPSA) is 51.4 Å². The predicted molar refractivity (Wildman–Crippen MR) is 95.5 cm³/mol. The minimum Gasteiger partial charge on any atom is -0.294 e. The van der Waals surface area contributed by atoms with E-state index < -0.39 is 9.84 Å². The van der Waals surface area contributed by atoms with E-state index in [2.05, 4.69) is 10.6 Å². The molecule has 0 spiro atoms. The molecule has 23 heavy (non-hydrogen) atoms. The molecule has 3 aromatic rings. The van der Waals surface area contributed by atoms with Gasteiger partial charge in [0.15, 0.2) is 14.8 Å². The Morgan fingerprint density at radius 1 is 1.13 bits per heavy atom. The van der Waals surface area contributed by atoms with Crippen molar-refractivity contribution in [3.8, 4) is 11.3 Å². The molecule has 0 unspecified atom stereocenters. The van der Waals surface area contributed by atoms with Crippen molar-refractivity contribution < 1.29 is 8.42 Å². The Morgan fingerprint density at radius 3 is 2.52 bits per heavy atom. The van der Waals surface area contributed by atoms with E-state index in [0.717, 1.165) is 22.6 Å². The first-order chi connectivity index (χ1) is 10.5. The second-order valence-corrected chi connectivity index (χ2v) is 8.83. The lowest BCUT2D eigenvalue weighted by Crippen LogP contribution is -2.01. The number of thiazole rings is 1. The fourth-order valence-electron chi connectivity index (χ4n) is 2.98.